The van der Waals surface area contributed by atoms with Crippen molar-refractivity contribution in [1.82, 2.24) is 10.2 Å². The van der Waals surface area contributed by atoms with Crippen molar-refractivity contribution in [2.24, 2.45) is 16.6 Å². The first-order valence-electron chi connectivity index (χ1n) is 8.14. The lowest BCUT2D eigenvalue weighted by Gasteiger charge is -2.11. The van der Waals surface area contributed by atoms with Crippen molar-refractivity contribution < 1.29 is 4.79 Å². The number of nitrogens with two attached hydrogens (primary N) is 1. The Hall–Kier alpha value is -2.60. The summed E-state index contributed by atoms with van der Waals surface area (Å²) >= 11 is 5.94. The van der Waals surface area contributed by atoms with Crippen molar-refractivity contribution in [2.75, 3.05) is 5.32 Å². The number of nitrogens with one attached hydrogen (secondary N) is 2. The van der Waals surface area contributed by atoms with Crippen LogP contribution in [0.15, 0.2) is 47.1 Å². The highest BCUT2D eigenvalue weighted by molar-refractivity contribution is 6.30. The highest BCUT2D eigenvalue weighted by atomic mass is 35.5. The maximum Gasteiger partial charge on any atom is 0.232 e. The topological polar surface area (TPSA) is 96.2 Å². The van der Waals surface area contributed by atoms with Crippen LogP contribution in [0.4, 0.5) is 11.5 Å². The molecule has 3 rings (SSSR count). The SMILES string of the molecule is CC(C(=O)Nc1cc(C2CC2)[nH]n1)/C(C=Nc1cccc(Cl)c1)=C/N. The summed E-state index contributed by atoms with van der Waals surface area (Å²) in [6.07, 6.45) is 5.31. The zero-order chi connectivity index (χ0) is 17.8. The number of rotatable bonds is 6. The molecule has 130 valence electrons. The zero-order valence-corrected chi connectivity index (χ0v) is 14.6. The van der Waals surface area contributed by atoms with Gasteiger partial charge in [0, 0.05) is 28.9 Å². The van der Waals surface area contributed by atoms with Gasteiger partial charge >= 0.3 is 0 Å². The van der Waals surface area contributed by atoms with Gasteiger partial charge in [-0.05, 0) is 49.7 Å². The third-order valence-electron chi connectivity index (χ3n) is 4.12. The van der Waals surface area contributed by atoms with Crippen LogP contribution in [0.3, 0.4) is 0 Å². The number of aliphatic imine (C=N–C) groups is 1. The average Bonchev–Trinajstić information content (AvgIpc) is 3.35. The van der Waals surface area contributed by atoms with Crippen LogP contribution in [0, 0.1) is 5.92 Å². The molecule has 2 aromatic rings. The van der Waals surface area contributed by atoms with E-state index >= 15 is 0 Å². The van der Waals surface area contributed by atoms with Crippen LogP contribution in [-0.2, 0) is 4.79 Å². The van der Waals surface area contributed by atoms with E-state index in [-0.39, 0.29) is 5.91 Å². The number of halogens is 1. The van der Waals surface area contributed by atoms with E-state index in [1.165, 1.54) is 19.0 Å². The molecule has 25 heavy (non-hydrogen) atoms. The Kier molecular flexibility index (Phi) is 5.19. The van der Waals surface area contributed by atoms with E-state index in [1.54, 1.807) is 25.3 Å². The lowest BCUT2D eigenvalue weighted by Crippen LogP contribution is -2.23. The number of carbonyl (C=O) groups excluding carboxylic acids is 1. The third kappa shape index (κ3) is 4.48. The number of aromatic amines is 1. The van der Waals surface area contributed by atoms with Gasteiger partial charge < -0.3 is 11.1 Å². The quantitative estimate of drug-likeness (QED) is 0.686. The molecule has 0 saturated heterocycles. The van der Waals surface area contributed by atoms with Gasteiger partial charge in [-0.3, -0.25) is 14.9 Å². The summed E-state index contributed by atoms with van der Waals surface area (Å²) in [7, 11) is 0. The van der Waals surface area contributed by atoms with Gasteiger partial charge in [-0.25, -0.2) is 0 Å². The predicted molar refractivity (Wildman–Crippen MR) is 100 cm³/mol. The van der Waals surface area contributed by atoms with Gasteiger partial charge in [-0.2, -0.15) is 5.10 Å². The summed E-state index contributed by atoms with van der Waals surface area (Å²) in [6.45, 7) is 1.77. The van der Waals surface area contributed by atoms with Gasteiger partial charge in [0.15, 0.2) is 5.82 Å². The van der Waals surface area contributed by atoms with Crippen molar-refractivity contribution in [3.05, 3.63) is 52.8 Å². The molecule has 1 fully saturated rings. The van der Waals surface area contributed by atoms with Gasteiger partial charge in [0.1, 0.15) is 0 Å². The van der Waals surface area contributed by atoms with Gasteiger partial charge in [0.2, 0.25) is 5.91 Å². The molecule has 4 N–H and O–H groups in total. The molecule has 0 spiro atoms. The molecular weight excluding hydrogens is 338 g/mol. The van der Waals surface area contributed by atoms with E-state index in [0.717, 1.165) is 5.69 Å². The number of hydrogen-bond donors (Lipinski definition) is 3. The number of H-pyrrole nitrogens is 1. The first-order chi connectivity index (χ1) is 12.1. The summed E-state index contributed by atoms with van der Waals surface area (Å²) in [5, 5.41) is 10.5. The molecule has 1 aromatic heterocycles. The van der Waals surface area contributed by atoms with E-state index in [0.29, 0.717) is 28.0 Å². The van der Waals surface area contributed by atoms with Crippen LogP contribution in [-0.4, -0.2) is 22.3 Å². The van der Waals surface area contributed by atoms with Gasteiger partial charge in [0.05, 0.1) is 11.6 Å². The monoisotopic (exact) mass is 357 g/mol. The molecule has 0 bridgehead atoms. The molecule has 1 amide bonds. The molecular formula is C18H20ClN5O. The number of nitrogens with zero attached hydrogens (tertiary/aromatic N) is 2. The van der Waals surface area contributed by atoms with Crippen molar-refractivity contribution in [2.45, 2.75) is 25.7 Å². The molecule has 0 radical (unpaired) electrons. The van der Waals surface area contributed by atoms with Crippen LogP contribution in [0.25, 0.3) is 0 Å². The molecule has 1 aliphatic rings. The van der Waals surface area contributed by atoms with Gasteiger partial charge in [-0.15, -0.1) is 0 Å². The molecule has 1 aromatic carbocycles. The normalized spacial score (nSPS) is 16.2. The Morgan fingerprint density at radius 1 is 1.48 bits per heavy atom. The Balaban J connectivity index is 1.64. The number of hydrogen-bond acceptors (Lipinski definition) is 4. The fraction of sp³-hybridized carbons (Fsp3) is 0.278. The number of anilines is 1. The molecule has 0 aliphatic heterocycles. The molecule has 7 heteroatoms. The van der Waals surface area contributed by atoms with E-state index < -0.39 is 5.92 Å². The third-order valence-corrected chi connectivity index (χ3v) is 4.36. The van der Waals surface area contributed by atoms with Crippen molar-refractivity contribution in [1.29, 1.82) is 0 Å². The van der Waals surface area contributed by atoms with Crippen LogP contribution in [0.1, 0.15) is 31.4 Å². The molecule has 1 saturated carbocycles. The highest BCUT2D eigenvalue weighted by Gasteiger charge is 2.26. The van der Waals surface area contributed by atoms with E-state index in [9.17, 15) is 4.79 Å². The molecule has 1 unspecified atom stereocenters. The van der Waals surface area contributed by atoms with E-state index in [4.69, 9.17) is 17.3 Å². The summed E-state index contributed by atoms with van der Waals surface area (Å²) in [6, 6.07) is 9.03. The maximum atomic E-state index is 12.4. The minimum atomic E-state index is -0.464. The molecule has 1 aliphatic carbocycles. The van der Waals surface area contributed by atoms with Crippen LogP contribution >= 0.6 is 11.6 Å². The zero-order valence-electron chi connectivity index (χ0n) is 13.9. The highest BCUT2D eigenvalue weighted by Crippen LogP contribution is 2.39. The van der Waals surface area contributed by atoms with Crippen LogP contribution < -0.4 is 11.1 Å². The predicted octanol–water partition coefficient (Wildman–Crippen LogP) is 3.76. The lowest BCUT2D eigenvalue weighted by atomic mass is 10.0. The minimum Gasteiger partial charge on any atom is -0.404 e. The first-order valence-corrected chi connectivity index (χ1v) is 8.52. The average molecular weight is 358 g/mol. The summed E-state index contributed by atoms with van der Waals surface area (Å²) in [5.74, 6) is 0.430. The Morgan fingerprint density at radius 3 is 2.96 bits per heavy atom. The second kappa shape index (κ2) is 7.53. The van der Waals surface area contributed by atoms with E-state index in [2.05, 4.69) is 20.5 Å². The second-order valence-corrected chi connectivity index (χ2v) is 6.53. The van der Waals surface area contributed by atoms with Gasteiger partial charge in [-0.1, -0.05) is 17.7 Å². The summed E-state index contributed by atoms with van der Waals surface area (Å²) < 4.78 is 0. The smallest absolute Gasteiger partial charge is 0.232 e. The van der Waals surface area contributed by atoms with E-state index in [1.807, 2.05) is 18.2 Å². The lowest BCUT2D eigenvalue weighted by molar-refractivity contribution is -0.118. The Morgan fingerprint density at radius 2 is 2.28 bits per heavy atom. The number of amides is 1. The minimum absolute atomic E-state index is 0.192. The number of carbonyl (C=O) groups is 1. The van der Waals surface area contributed by atoms with Crippen molar-refractivity contribution in [3.8, 4) is 0 Å². The van der Waals surface area contributed by atoms with Crippen LogP contribution in [0.2, 0.25) is 5.02 Å². The summed E-state index contributed by atoms with van der Waals surface area (Å²) in [4.78, 5) is 16.8. The number of aromatic nitrogens is 2. The fourth-order valence-corrected chi connectivity index (χ4v) is 2.58. The number of benzene rings is 1. The second-order valence-electron chi connectivity index (χ2n) is 6.10. The fourth-order valence-electron chi connectivity index (χ4n) is 2.39. The maximum absolute atomic E-state index is 12.4. The molecule has 1 atom stereocenters. The Bertz CT molecular complexity index is 822. The molecule has 1 heterocycles. The summed E-state index contributed by atoms with van der Waals surface area (Å²) in [5.41, 5.74) is 8.04. The molecule has 6 nitrogen and oxygen atoms in total. The largest absolute Gasteiger partial charge is 0.404 e. The van der Waals surface area contributed by atoms with Crippen molar-refractivity contribution in [3.63, 3.8) is 0 Å². The van der Waals surface area contributed by atoms with Gasteiger partial charge in [0.25, 0.3) is 0 Å². The van der Waals surface area contributed by atoms with Crippen molar-refractivity contribution >= 4 is 35.2 Å². The standard InChI is InChI=1S/C18H20ClN5O/c1-11(13(9-20)10-21-15-4-2-3-14(19)7-15)18(25)22-17-8-16(23-24-17)12-5-6-12/h2-4,7-12H,5-6,20H2,1H3,(H2,22,23,24,25)/b13-9+,21-10?. The van der Waals surface area contributed by atoms with Crippen LogP contribution in [0.5, 0.6) is 0 Å². The first kappa shape index (κ1) is 17.2. The Labute approximate surface area is 151 Å².